The van der Waals surface area contributed by atoms with Gasteiger partial charge < -0.3 is 10.6 Å². The Labute approximate surface area is 83.4 Å². The smallest absolute Gasteiger partial charge is 0.420 e. The fraction of sp³-hybridized carbons (Fsp3) is 0. The Morgan fingerprint density at radius 2 is 2.07 bits per heavy atom. The SMILES string of the molecule is [N-]=[N+]=C(C(=O)O)c1ccccc1[N+](=O)[O-]. The lowest BCUT2D eigenvalue weighted by Crippen LogP contribution is -2.17. The van der Waals surface area contributed by atoms with Gasteiger partial charge in [-0.2, -0.15) is 4.79 Å². The van der Waals surface area contributed by atoms with Gasteiger partial charge in [0.2, 0.25) is 0 Å². The second-order valence-electron chi connectivity index (χ2n) is 2.53. The number of carboxylic acid groups (broad SMARTS) is 1. The van der Waals surface area contributed by atoms with E-state index in [-0.39, 0.29) is 5.56 Å². The number of hydrogen-bond acceptors (Lipinski definition) is 3. The Kier molecular flexibility index (Phi) is 2.90. The number of rotatable bonds is 3. The number of aliphatic carboxylic acids is 1. The molecule has 7 nitrogen and oxygen atoms in total. The molecule has 0 aliphatic rings. The normalized spacial score (nSPS) is 9.07. The van der Waals surface area contributed by atoms with Crippen molar-refractivity contribution in [2.24, 2.45) is 0 Å². The van der Waals surface area contributed by atoms with Crippen LogP contribution >= 0.6 is 0 Å². The molecule has 0 atom stereocenters. The van der Waals surface area contributed by atoms with E-state index in [4.69, 9.17) is 10.6 Å². The van der Waals surface area contributed by atoms with Crippen LogP contribution in [0, 0.1) is 10.1 Å². The first kappa shape index (κ1) is 10.6. The molecule has 1 N–H and O–H groups in total. The van der Waals surface area contributed by atoms with Crippen molar-refractivity contribution < 1.29 is 19.6 Å². The zero-order valence-electron chi connectivity index (χ0n) is 7.32. The van der Waals surface area contributed by atoms with Crippen molar-refractivity contribution in [1.82, 2.24) is 0 Å². The number of hydrogen-bond donors (Lipinski definition) is 1. The maximum atomic E-state index is 10.6. The van der Waals surface area contributed by atoms with Crippen molar-refractivity contribution in [1.29, 1.82) is 0 Å². The fourth-order valence-electron chi connectivity index (χ4n) is 1.04. The molecule has 0 saturated heterocycles. The van der Waals surface area contributed by atoms with Gasteiger partial charge in [-0.25, -0.2) is 4.79 Å². The van der Waals surface area contributed by atoms with Gasteiger partial charge >= 0.3 is 11.7 Å². The van der Waals surface area contributed by atoms with Crippen molar-refractivity contribution in [2.75, 3.05) is 0 Å². The van der Waals surface area contributed by atoms with E-state index in [2.05, 4.69) is 4.79 Å². The third-order valence-electron chi connectivity index (χ3n) is 1.66. The summed E-state index contributed by atoms with van der Waals surface area (Å²) in [6, 6.07) is 5.12. The highest BCUT2D eigenvalue weighted by Gasteiger charge is 2.29. The number of carbonyl (C=O) groups is 1. The quantitative estimate of drug-likeness (QED) is 0.258. The average Bonchev–Trinajstić information content (AvgIpc) is 2.18. The van der Waals surface area contributed by atoms with Gasteiger partial charge in [-0.3, -0.25) is 10.1 Å². The van der Waals surface area contributed by atoms with Crippen molar-refractivity contribution in [3.05, 3.63) is 45.5 Å². The highest BCUT2D eigenvalue weighted by Crippen LogP contribution is 2.17. The van der Waals surface area contributed by atoms with Crippen LogP contribution in [0.25, 0.3) is 5.53 Å². The van der Waals surface area contributed by atoms with Crippen LogP contribution in [-0.2, 0) is 4.79 Å². The molecular weight excluding hydrogens is 202 g/mol. The number of carboxylic acids is 1. The van der Waals surface area contributed by atoms with Gasteiger partial charge in [0.25, 0.3) is 5.69 Å². The van der Waals surface area contributed by atoms with E-state index in [0.29, 0.717) is 0 Å². The largest absolute Gasteiger partial charge is 0.472 e. The van der Waals surface area contributed by atoms with Crippen LogP contribution < -0.4 is 0 Å². The number of nitro groups is 1. The lowest BCUT2D eigenvalue weighted by molar-refractivity contribution is -0.385. The summed E-state index contributed by atoms with van der Waals surface area (Å²) in [5.41, 5.74) is 7.02. The van der Waals surface area contributed by atoms with Crippen LogP contribution in [0.5, 0.6) is 0 Å². The summed E-state index contributed by atoms with van der Waals surface area (Å²) in [7, 11) is 0. The van der Waals surface area contributed by atoms with Crippen molar-refractivity contribution in [3.8, 4) is 0 Å². The van der Waals surface area contributed by atoms with Gasteiger partial charge in [-0.05, 0) is 6.07 Å². The van der Waals surface area contributed by atoms with Crippen LogP contribution in [0.4, 0.5) is 5.69 Å². The molecule has 0 spiro atoms. The number of nitrogens with zero attached hydrogens (tertiary/aromatic N) is 3. The minimum absolute atomic E-state index is 0.238. The molecule has 0 radical (unpaired) electrons. The number of para-hydroxylation sites is 1. The second-order valence-corrected chi connectivity index (χ2v) is 2.53. The van der Waals surface area contributed by atoms with Crippen LogP contribution in [0.15, 0.2) is 24.3 Å². The molecular formula is C8H5N3O4. The van der Waals surface area contributed by atoms with Crippen LogP contribution in [0.2, 0.25) is 0 Å². The zero-order valence-corrected chi connectivity index (χ0v) is 7.32. The predicted octanol–water partition coefficient (Wildman–Crippen LogP) is 0.698. The Hall–Kier alpha value is -2.53. The Balaban J connectivity index is 3.43. The third-order valence-corrected chi connectivity index (χ3v) is 1.66. The predicted molar refractivity (Wildman–Crippen MR) is 48.5 cm³/mol. The summed E-state index contributed by atoms with van der Waals surface area (Å²) in [6.45, 7) is 0. The molecule has 7 heteroatoms. The molecule has 0 saturated carbocycles. The van der Waals surface area contributed by atoms with Crippen molar-refractivity contribution >= 4 is 17.4 Å². The van der Waals surface area contributed by atoms with E-state index < -0.39 is 22.3 Å². The van der Waals surface area contributed by atoms with Gasteiger partial charge in [0.15, 0.2) is 0 Å². The van der Waals surface area contributed by atoms with Gasteiger partial charge in [0, 0.05) is 6.07 Å². The van der Waals surface area contributed by atoms with E-state index in [1.54, 1.807) is 0 Å². The molecule has 0 bridgehead atoms. The van der Waals surface area contributed by atoms with Gasteiger partial charge in [-0.1, -0.05) is 12.1 Å². The van der Waals surface area contributed by atoms with Crippen LogP contribution in [0.1, 0.15) is 5.56 Å². The van der Waals surface area contributed by atoms with E-state index >= 15 is 0 Å². The first-order chi connectivity index (χ1) is 7.07. The van der Waals surface area contributed by atoms with Crippen LogP contribution in [0.3, 0.4) is 0 Å². The molecule has 0 fully saturated rings. The average molecular weight is 207 g/mol. The highest BCUT2D eigenvalue weighted by atomic mass is 16.6. The Morgan fingerprint density at radius 3 is 2.53 bits per heavy atom. The fourth-order valence-corrected chi connectivity index (χ4v) is 1.04. The standard InChI is InChI=1S/C8H5N3O4/c9-10-7(8(12)13)5-3-1-2-4-6(5)11(14)15/h1-4H,(H,12,13). The molecule has 0 unspecified atom stereocenters. The molecule has 1 aromatic carbocycles. The summed E-state index contributed by atoms with van der Waals surface area (Å²) in [5.74, 6) is -1.54. The lowest BCUT2D eigenvalue weighted by atomic mass is 10.1. The topological polar surface area (TPSA) is 117 Å². The second kappa shape index (κ2) is 4.12. The van der Waals surface area contributed by atoms with Crippen molar-refractivity contribution in [3.63, 3.8) is 0 Å². The highest BCUT2D eigenvalue weighted by molar-refractivity contribution is 6.40. The molecule has 0 aliphatic carbocycles. The summed E-state index contributed by atoms with van der Waals surface area (Å²) >= 11 is 0. The van der Waals surface area contributed by atoms with Gasteiger partial charge in [0.1, 0.15) is 5.56 Å². The molecule has 0 heterocycles. The molecule has 15 heavy (non-hydrogen) atoms. The molecule has 0 amide bonds. The Bertz CT molecular complexity index is 477. The molecule has 76 valence electrons. The maximum absolute atomic E-state index is 10.6. The first-order valence-corrected chi connectivity index (χ1v) is 3.77. The van der Waals surface area contributed by atoms with E-state index in [0.717, 1.165) is 6.07 Å². The van der Waals surface area contributed by atoms with E-state index in [1.165, 1.54) is 18.2 Å². The van der Waals surface area contributed by atoms with Gasteiger partial charge in [-0.15, -0.1) is 0 Å². The Morgan fingerprint density at radius 1 is 1.47 bits per heavy atom. The summed E-state index contributed by atoms with van der Waals surface area (Å²) in [4.78, 5) is 22.9. The monoisotopic (exact) mass is 207 g/mol. The first-order valence-electron chi connectivity index (χ1n) is 3.77. The lowest BCUT2D eigenvalue weighted by Gasteiger charge is -1.94. The van der Waals surface area contributed by atoms with Crippen LogP contribution in [-0.4, -0.2) is 26.5 Å². The maximum Gasteiger partial charge on any atom is 0.420 e. The number of benzene rings is 1. The minimum atomic E-state index is -1.54. The molecule has 1 aromatic rings. The summed E-state index contributed by atoms with van der Waals surface area (Å²) in [6.07, 6.45) is 0. The zero-order chi connectivity index (χ0) is 11.4. The number of nitro benzene ring substituents is 1. The summed E-state index contributed by atoms with van der Waals surface area (Å²) in [5, 5.41) is 19.2. The third kappa shape index (κ3) is 2.04. The molecule has 0 aliphatic heterocycles. The van der Waals surface area contributed by atoms with Crippen molar-refractivity contribution in [2.45, 2.75) is 0 Å². The molecule has 0 aromatic heterocycles. The molecule has 1 rings (SSSR count). The van der Waals surface area contributed by atoms with Gasteiger partial charge in [0.05, 0.1) is 4.92 Å². The van der Waals surface area contributed by atoms with E-state index in [9.17, 15) is 14.9 Å². The minimum Gasteiger partial charge on any atom is -0.472 e. The van der Waals surface area contributed by atoms with E-state index in [1.807, 2.05) is 0 Å². The summed E-state index contributed by atoms with van der Waals surface area (Å²) < 4.78 is 0.